The molecule has 182 valence electrons. The van der Waals surface area contributed by atoms with Crippen LogP contribution in [0.15, 0.2) is 6.33 Å². The number of rotatable bonds is 8. The lowest BCUT2D eigenvalue weighted by Crippen LogP contribution is -2.28. The lowest BCUT2D eigenvalue weighted by atomic mass is 9.90. The minimum absolute atomic E-state index is 0.0468. The molecule has 3 N–H and O–H groups in total. The van der Waals surface area contributed by atoms with Gasteiger partial charge in [-0.25, -0.2) is 0 Å². The summed E-state index contributed by atoms with van der Waals surface area (Å²) in [6.45, 7) is 1.91. The Kier molecular flexibility index (Phi) is 7.40. The molecule has 3 aliphatic carbocycles. The van der Waals surface area contributed by atoms with Crippen molar-refractivity contribution in [3.8, 4) is 0 Å². The summed E-state index contributed by atoms with van der Waals surface area (Å²) in [5.41, 5.74) is 1.77. The molecule has 0 spiro atoms. The number of nitrogens with one attached hydrogen (secondary N) is 2. The van der Waals surface area contributed by atoms with Crippen LogP contribution in [0.5, 0.6) is 0 Å². The number of nitrogens with zero attached hydrogens (tertiary/aromatic N) is 3. The van der Waals surface area contributed by atoms with Crippen molar-refractivity contribution in [2.45, 2.75) is 64.3 Å². The van der Waals surface area contributed by atoms with Crippen LogP contribution in [0.1, 0.15) is 70.7 Å². The smallest absolute Gasteiger partial charge is 0.290 e. The van der Waals surface area contributed by atoms with Crippen molar-refractivity contribution >= 4 is 41.4 Å². The molecule has 1 atom stereocenters. The topological polar surface area (TPSA) is 143 Å². The lowest BCUT2D eigenvalue weighted by molar-refractivity contribution is -0.123. The molecule has 0 saturated heterocycles. The molecule has 2 fully saturated rings. The first-order chi connectivity index (χ1) is 16.4. The summed E-state index contributed by atoms with van der Waals surface area (Å²) in [6.07, 6.45) is 8.69. The van der Waals surface area contributed by atoms with E-state index in [2.05, 4.69) is 20.8 Å². The highest BCUT2D eigenvalue weighted by atomic mass is 32.1. The molecule has 2 aromatic rings. The summed E-state index contributed by atoms with van der Waals surface area (Å²) in [5, 5.41) is 20.7. The number of carbonyl (C=O) groups is 4. The van der Waals surface area contributed by atoms with Crippen molar-refractivity contribution in [2.24, 2.45) is 11.8 Å². The second-order valence-electron chi connectivity index (χ2n) is 9.12. The van der Waals surface area contributed by atoms with E-state index in [0.29, 0.717) is 36.8 Å². The number of thiophene rings is 1. The van der Waals surface area contributed by atoms with E-state index in [1.165, 1.54) is 24.6 Å². The van der Waals surface area contributed by atoms with Crippen molar-refractivity contribution in [1.29, 1.82) is 0 Å². The number of carbonyl (C=O) groups excluding carboxylic acids is 3. The maximum absolute atomic E-state index is 13.2. The first-order valence-electron chi connectivity index (χ1n) is 11.6. The lowest BCUT2D eigenvalue weighted by Gasteiger charge is -2.25. The molecule has 2 aromatic heterocycles. The molecule has 0 aliphatic heterocycles. The Balaban J connectivity index is 0.000000868. The van der Waals surface area contributed by atoms with Crippen molar-refractivity contribution < 1.29 is 24.3 Å². The van der Waals surface area contributed by atoms with Crippen molar-refractivity contribution in [2.75, 3.05) is 11.9 Å². The highest BCUT2D eigenvalue weighted by Gasteiger charge is 2.35. The van der Waals surface area contributed by atoms with Crippen LogP contribution in [0.2, 0.25) is 0 Å². The minimum Gasteiger partial charge on any atom is -0.483 e. The molecule has 11 heteroatoms. The summed E-state index contributed by atoms with van der Waals surface area (Å²) in [6, 6.07) is 0.0564. The van der Waals surface area contributed by atoms with E-state index in [0.717, 1.165) is 36.1 Å². The third-order valence-electron chi connectivity index (χ3n) is 6.41. The number of hydrogen-bond donors (Lipinski definition) is 3. The van der Waals surface area contributed by atoms with Gasteiger partial charge in [-0.15, -0.1) is 21.5 Å². The number of Topliss-reactive ketones (excluding diaryl/α,β-unsaturated/α-hetero) is 1. The largest absolute Gasteiger partial charge is 0.483 e. The number of amides is 2. The number of anilines is 1. The van der Waals surface area contributed by atoms with Crippen LogP contribution in [0, 0.1) is 11.8 Å². The molecular weight excluding hydrogens is 458 g/mol. The number of fused-ring (bicyclic) bond motifs is 1. The summed E-state index contributed by atoms with van der Waals surface area (Å²) in [4.78, 5) is 47.7. The molecule has 2 saturated carbocycles. The Morgan fingerprint density at radius 1 is 1.24 bits per heavy atom. The van der Waals surface area contributed by atoms with E-state index < -0.39 is 0 Å². The van der Waals surface area contributed by atoms with Crippen LogP contribution in [0.25, 0.3) is 0 Å². The van der Waals surface area contributed by atoms with Crippen LogP contribution in [0.4, 0.5) is 5.95 Å². The maximum atomic E-state index is 13.2. The third-order valence-corrected chi connectivity index (χ3v) is 7.70. The fraction of sp³-hybridized carbons (Fsp3) is 0.565. The summed E-state index contributed by atoms with van der Waals surface area (Å²) in [5.74, 6) is 1.24. The summed E-state index contributed by atoms with van der Waals surface area (Å²) >= 11 is 1.64. The Morgan fingerprint density at radius 3 is 2.62 bits per heavy atom. The monoisotopic (exact) mass is 487 g/mol. The van der Waals surface area contributed by atoms with Crippen LogP contribution in [0.3, 0.4) is 0 Å². The molecule has 0 bridgehead atoms. The maximum Gasteiger partial charge on any atom is 0.290 e. The Hall–Kier alpha value is -3.08. The normalized spacial score (nSPS) is 18.8. The van der Waals surface area contributed by atoms with Gasteiger partial charge < -0.3 is 10.4 Å². The van der Waals surface area contributed by atoms with Gasteiger partial charge >= 0.3 is 0 Å². The number of aryl methyl sites for hydroxylation is 1. The van der Waals surface area contributed by atoms with Gasteiger partial charge in [0.1, 0.15) is 12.1 Å². The highest BCUT2D eigenvalue weighted by Crippen LogP contribution is 2.40. The standard InChI is InChI=1S/C22H27N5O3S.CH2O2/c1-12(28)25-22-26-24-11-27(22)15-6-7-18-16(8-15)20(21(30)23-10-13-2-3-13)19(31-18)9-17(29)14-4-5-14;2-1-3/h11,13-15H,2-10H2,1H3,(H,23,30)(H,25,26,28);1H,(H,2,3)/t15-;/m0./s1. The summed E-state index contributed by atoms with van der Waals surface area (Å²) < 4.78 is 1.89. The van der Waals surface area contributed by atoms with E-state index in [-0.39, 0.29) is 36.0 Å². The van der Waals surface area contributed by atoms with Crippen LogP contribution < -0.4 is 10.6 Å². The number of carboxylic acid groups (broad SMARTS) is 1. The zero-order valence-electron chi connectivity index (χ0n) is 19.1. The Morgan fingerprint density at radius 2 is 1.97 bits per heavy atom. The van der Waals surface area contributed by atoms with Gasteiger partial charge in [0.15, 0.2) is 0 Å². The van der Waals surface area contributed by atoms with Gasteiger partial charge in [-0.05, 0) is 56.4 Å². The first-order valence-corrected chi connectivity index (χ1v) is 12.4. The molecule has 2 amide bonds. The van der Waals surface area contributed by atoms with Crippen molar-refractivity contribution in [1.82, 2.24) is 20.1 Å². The van der Waals surface area contributed by atoms with Gasteiger partial charge in [-0.3, -0.25) is 29.1 Å². The second-order valence-corrected chi connectivity index (χ2v) is 10.3. The molecule has 10 nitrogen and oxygen atoms in total. The SMILES string of the molecule is CC(=O)Nc1nncn1[C@H]1CCc2sc(CC(=O)C3CC3)c(C(=O)NCC3CC3)c2C1.O=CO. The Bertz CT molecular complexity index is 1090. The highest BCUT2D eigenvalue weighted by molar-refractivity contribution is 7.12. The Labute approximate surface area is 201 Å². The zero-order chi connectivity index (χ0) is 24.2. The molecule has 5 rings (SSSR count). The van der Waals surface area contributed by atoms with Gasteiger partial charge in [0.05, 0.1) is 5.56 Å². The van der Waals surface area contributed by atoms with Gasteiger partial charge in [0.2, 0.25) is 11.9 Å². The van der Waals surface area contributed by atoms with Crippen LogP contribution in [-0.4, -0.2) is 50.5 Å². The summed E-state index contributed by atoms with van der Waals surface area (Å²) in [7, 11) is 0. The molecular formula is C23H29N5O5S. The molecule has 0 aromatic carbocycles. The molecule has 0 radical (unpaired) electrons. The second kappa shape index (κ2) is 10.5. The van der Waals surface area contributed by atoms with Crippen molar-refractivity contribution in [3.05, 3.63) is 27.2 Å². The fourth-order valence-electron chi connectivity index (χ4n) is 4.36. The number of aromatic nitrogens is 3. The minimum atomic E-state index is -0.250. The van der Waals surface area contributed by atoms with E-state index in [1.54, 1.807) is 17.7 Å². The van der Waals surface area contributed by atoms with E-state index in [1.807, 2.05) is 4.57 Å². The third kappa shape index (κ3) is 5.69. The average Bonchev–Trinajstić information content (AvgIpc) is 3.72. The predicted octanol–water partition coefficient (Wildman–Crippen LogP) is 2.39. The predicted molar refractivity (Wildman–Crippen MR) is 125 cm³/mol. The first kappa shape index (κ1) is 24.1. The van der Waals surface area contributed by atoms with E-state index in [4.69, 9.17) is 9.90 Å². The molecule has 2 heterocycles. The van der Waals surface area contributed by atoms with Gasteiger partial charge in [-0.1, -0.05) is 0 Å². The zero-order valence-corrected chi connectivity index (χ0v) is 19.9. The van der Waals surface area contributed by atoms with E-state index >= 15 is 0 Å². The van der Waals surface area contributed by atoms with Gasteiger partial charge in [0, 0.05) is 41.6 Å². The quantitative estimate of drug-likeness (QED) is 0.485. The fourth-order valence-corrected chi connectivity index (χ4v) is 5.72. The number of ketones is 1. The van der Waals surface area contributed by atoms with E-state index in [9.17, 15) is 14.4 Å². The van der Waals surface area contributed by atoms with Gasteiger partial charge in [0.25, 0.3) is 12.4 Å². The molecule has 34 heavy (non-hydrogen) atoms. The van der Waals surface area contributed by atoms with Crippen LogP contribution >= 0.6 is 11.3 Å². The molecule has 0 unspecified atom stereocenters. The van der Waals surface area contributed by atoms with Crippen molar-refractivity contribution in [3.63, 3.8) is 0 Å². The van der Waals surface area contributed by atoms with Gasteiger partial charge in [-0.2, -0.15) is 0 Å². The molecule has 3 aliphatic rings. The van der Waals surface area contributed by atoms with Crippen LogP contribution in [-0.2, 0) is 33.6 Å². The number of hydrogen-bond acceptors (Lipinski definition) is 7. The average molecular weight is 488 g/mol.